The number of fused-ring (bicyclic) bond motifs is 3. The lowest BCUT2D eigenvalue weighted by Crippen LogP contribution is -2.45. The highest BCUT2D eigenvalue weighted by atomic mass is 16.3. The largest absolute Gasteiger partial charge is 0.389 e. The zero-order valence-corrected chi connectivity index (χ0v) is 11.6. The second-order valence-electron chi connectivity index (χ2n) is 6.51. The van der Waals surface area contributed by atoms with Gasteiger partial charge in [0.05, 0.1) is 11.0 Å². The molecule has 1 atom stereocenters. The number of aryl methyl sites for hydroxylation is 1. The lowest BCUT2D eigenvalue weighted by Gasteiger charge is -2.38. The molecule has 0 heterocycles. The molecular weight excluding hydrogens is 248 g/mol. The molecule has 1 saturated carbocycles. The van der Waals surface area contributed by atoms with E-state index >= 15 is 0 Å². The number of carbonyl (C=O) groups excluding carboxylic acids is 1. The van der Waals surface area contributed by atoms with Crippen LogP contribution in [-0.4, -0.2) is 16.5 Å². The van der Waals surface area contributed by atoms with E-state index in [1.807, 2.05) is 31.2 Å². The van der Waals surface area contributed by atoms with Gasteiger partial charge in [-0.3, -0.25) is 4.79 Å². The summed E-state index contributed by atoms with van der Waals surface area (Å²) in [5.74, 6) is 0.129. The first-order valence-corrected chi connectivity index (χ1v) is 7.33. The van der Waals surface area contributed by atoms with Crippen LogP contribution in [0.4, 0.5) is 0 Å². The molecule has 4 rings (SSSR count). The van der Waals surface area contributed by atoms with Crippen molar-refractivity contribution in [1.82, 2.24) is 0 Å². The van der Waals surface area contributed by atoms with Crippen LogP contribution in [0.3, 0.4) is 0 Å². The van der Waals surface area contributed by atoms with E-state index in [0.717, 1.165) is 36.8 Å². The highest BCUT2D eigenvalue weighted by molar-refractivity contribution is 6.07. The average Bonchev–Trinajstić information content (AvgIpc) is 3.22. The Hall–Kier alpha value is -1.67. The zero-order chi connectivity index (χ0) is 14.0. The maximum absolute atomic E-state index is 12.9. The van der Waals surface area contributed by atoms with Crippen LogP contribution in [0.2, 0.25) is 0 Å². The Morgan fingerprint density at radius 3 is 2.55 bits per heavy atom. The second kappa shape index (κ2) is 3.70. The minimum atomic E-state index is -0.757. The van der Waals surface area contributed by atoms with Crippen molar-refractivity contribution >= 4 is 16.6 Å². The number of benzene rings is 2. The molecule has 0 unspecified atom stereocenters. The third kappa shape index (κ3) is 1.40. The van der Waals surface area contributed by atoms with E-state index in [4.69, 9.17) is 0 Å². The third-order valence-corrected chi connectivity index (χ3v) is 5.41. The van der Waals surface area contributed by atoms with Crippen LogP contribution >= 0.6 is 0 Å². The molecule has 0 aromatic heterocycles. The quantitative estimate of drug-likeness (QED) is 0.857. The molecule has 0 bridgehead atoms. The van der Waals surface area contributed by atoms with Crippen LogP contribution in [0.15, 0.2) is 36.4 Å². The van der Waals surface area contributed by atoms with Gasteiger partial charge in [-0.05, 0) is 48.9 Å². The average molecular weight is 266 g/mol. The molecule has 2 aromatic rings. The molecule has 0 amide bonds. The molecule has 0 spiro atoms. The van der Waals surface area contributed by atoms with E-state index in [2.05, 4.69) is 12.1 Å². The summed E-state index contributed by atoms with van der Waals surface area (Å²) in [7, 11) is 0. The van der Waals surface area contributed by atoms with Gasteiger partial charge in [-0.15, -0.1) is 0 Å². The second-order valence-corrected chi connectivity index (χ2v) is 6.51. The number of rotatable bonds is 1. The summed E-state index contributed by atoms with van der Waals surface area (Å²) in [6.45, 7) is 1.94. The van der Waals surface area contributed by atoms with Crippen molar-refractivity contribution < 1.29 is 9.90 Å². The third-order valence-electron chi connectivity index (χ3n) is 5.41. The topological polar surface area (TPSA) is 37.3 Å². The minimum Gasteiger partial charge on any atom is -0.389 e. The molecule has 2 nitrogen and oxygen atoms in total. The summed E-state index contributed by atoms with van der Waals surface area (Å²) in [5.41, 5.74) is 0.628. The van der Waals surface area contributed by atoms with Crippen LogP contribution in [0.25, 0.3) is 10.8 Å². The summed E-state index contributed by atoms with van der Waals surface area (Å²) in [6, 6.07) is 12.2. The van der Waals surface area contributed by atoms with Crippen LogP contribution < -0.4 is 0 Å². The van der Waals surface area contributed by atoms with Crippen LogP contribution in [0.5, 0.6) is 0 Å². The standard InChI is InChI=1S/C18H18O2/c1-17(18(20)10-11-18)9-8-14-13-5-3-2-4-12(13)6-7-15(14)16(17)19/h2-7,20H,8-11H2,1H3/t17-/m1/s1. The molecule has 2 aromatic carbocycles. The molecule has 2 aliphatic rings. The maximum atomic E-state index is 12.9. The first-order valence-electron chi connectivity index (χ1n) is 7.33. The lowest BCUT2D eigenvalue weighted by molar-refractivity contribution is 0.0101. The van der Waals surface area contributed by atoms with E-state index in [1.54, 1.807) is 0 Å². The van der Waals surface area contributed by atoms with Gasteiger partial charge >= 0.3 is 0 Å². The molecule has 0 saturated heterocycles. The zero-order valence-electron chi connectivity index (χ0n) is 11.6. The Labute approximate surface area is 118 Å². The molecule has 1 fully saturated rings. The van der Waals surface area contributed by atoms with Gasteiger partial charge in [-0.25, -0.2) is 0 Å². The molecule has 2 aliphatic carbocycles. The molecule has 2 heteroatoms. The Balaban J connectivity index is 1.91. The van der Waals surface area contributed by atoms with Crippen molar-refractivity contribution in [2.45, 2.75) is 38.2 Å². The molecular formula is C18H18O2. The highest BCUT2D eigenvalue weighted by Gasteiger charge is 2.60. The van der Waals surface area contributed by atoms with Crippen molar-refractivity contribution in [3.63, 3.8) is 0 Å². The van der Waals surface area contributed by atoms with E-state index in [1.165, 1.54) is 10.8 Å². The number of ketones is 1. The number of aliphatic hydroxyl groups is 1. The van der Waals surface area contributed by atoms with E-state index < -0.39 is 11.0 Å². The van der Waals surface area contributed by atoms with Gasteiger partial charge < -0.3 is 5.11 Å². The van der Waals surface area contributed by atoms with Gasteiger partial charge in [-0.1, -0.05) is 36.4 Å². The fourth-order valence-corrected chi connectivity index (χ4v) is 3.72. The number of carbonyl (C=O) groups is 1. The maximum Gasteiger partial charge on any atom is 0.171 e. The number of Topliss-reactive ketones (excluding diaryl/α,β-unsaturated/α-hetero) is 1. The van der Waals surface area contributed by atoms with Gasteiger partial charge in [0.2, 0.25) is 0 Å². The summed E-state index contributed by atoms with van der Waals surface area (Å²) in [6.07, 6.45) is 3.15. The highest BCUT2D eigenvalue weighted by Crippen LogP contribution is 2.55. The molecule has 102 valence electrons. The summed E-state index contributed by atoms with van der Waals surface area (Å²) >= 11 is 0. The SMILES string of the molecule is C[C@@]1(C2(O)CC2)CCc2c(ccc3ccccc23)C1=O. The number of hydrogen-bond acceptors (Lipinski definition) is 2. The number of hydrogen-bond donors (Lipinski definition) is 1. The van der Waals surface area contributed by atoms with E-state index in [9.17, 15) is 9.90 Å². The van der Waals surface area contributed by atoms with E-state index in [0.29, 0.717) is 0 Å². The first-order chi connectivity index (χ1) is 9.55. The predicted octanol–water partition coefficient (Wildman–Crippen LogP) is 3.50. The monoisotopic (exact) mass is 266 g/mol. The molecule has 0 aliphatic heterocycles. The Morgan fingerprint density at radius 2 is 1.80 bits per heavy atom. The Kier molecular flexibility index (Phi) is 2.24. The fraction of sp³-hybridized carbons (Fsp3) is 0.389. The van der Waals surface area contributed by atoms with E-state index in [-0.39, 0.29) is 5.78 Å². The Morgan fingerprint density at radius 1 is 1.05 bits per heavy atom. The van der Waals surface area contributed by atoms with Gasteiger partial charge in [0, 0.05) is 5.56 Å². The summed E-state index contributed by atoms with van der Waals surface area (Å²) < 4.78 is 0. The van der Waals surface area contributed by atoms with Crippen molar-refractivity contribution in [3.8, 4) is 0 Å². The molecule has 0 radical (unpaired) electrons. The van der Waals surface area contributed by atoms with Crippen molar-refractivity contribution in [3.05, 3.63) is 47.5 Å². The van der Waals surface area contributed by atoms with Gasteiger partial charge in [0.25, 0.3) is 0 Å². The Bertz CT molecular complexity index is 727. The van der Waals surface area contributed by atoms with Gasteiger partial charge in [-0.2, -0.15) is 0 Å². The van der Waals surface area contributed by atoms with Crippen LogP contribution in [0, 0.1) is 5.41 Å². The molecule has 20 heavy (non-hydrogen) atoms. The normalized spacial score (nSPS) is 27.4. The lowest BCUT2D eigenvalue weighted by atomic mass is 9.66. The minimum absolute atomic E-state index is 0.129. The van der Waals surface area contributed by atoms with Crippen LogP contribution in [-0.2, 0) is 6.42 Å². The smallest absolute Gasteiger partial charge is 0.171 e. The van der Waals surface area contributed by atoms with Crippen molar-refractivity contribution in [2.24, 2.45) is 5.41 Å². The van der Waals surface area contributed by atoms with Crippen molar-refractivity contribution in [2.75, 3.05) is 0 Å². The predicted molar refractivity (Wildman–Crippen MR) is 78.9 cm³/mol. The molecule has 1 N–H and O–H groups in total. The van der Waals surface area contributed by atoms with Gasteiger partial charge in [0.15, 0.2) is 5.78 Å². The van der Waals surface area contributed by atoms with Crippen molar-refractivity contribution in [1.29, 1.82) is 0 Å². The van der Waals surface area contributed by atoms with Gasteiger partial charge in [0.1, 0.15) is 0 Å². The van der Waals surface area contributed by atoms with Crippen LogP contribution in [0.1, 0.15) is 42.1 Å². The summed E-state index contributed by atoms with van der Waals surface area (Å²) in [4.78, 5) is 12.9. The fourth-order valence-electron chi connectivity index (χ4n) is 3.72. The summed E-state index contributed by atoms with van der Waals surface area (Å²) in [5, 5.41) is 12.9. The first kappa shape index (κ1) is 12.1.